The van der Waals surface area contributed by atoms with E-state index in [9.17, 15) is 14.7 Å². The zero-order chi connectivity index (χ0) is 15.5. The van der Waals surface area contributed by atoms with Gasteiger partial charge in [0.15, 0.2) is 0 Å². The van der Waals surface area contributed by atoms with Crippen LogP contribution in [0.15, 0.2) is 48.5 Å². The van der Waals surface area contributed by atoms with Crippen LogP contribution in [0.1, 0.15) is 16.8 Å². The number of cyclic esters (lactones) is 1. The SMILES string of the molecule is O=C(O[C@H]1CCOC1=O)c1ccc(-c2ccc(O)cc2)cc1. The van der Waals surface area contributed by atoms with Gasteiger partial charge in [-0.25, -0.2) is 9.59 Å². The van der Waals surface area contributed by atoms with Gasteiger partial charge in [-0.15, -0.1) is 0 Å². The number of aromatic hydroxyl groups is 1. The topological polar surface area (TPSA) is 72.8 Å². The minimum atomic E-state index is -0.802. The molecule has 1 aliphatic heterocycles. The number of benzene rings is 2. The molecule has 0 bridgehead atoms. The molecule has 0 unspecified atom stereocenters. The van der Waals surface area contributed by atoms with Crippen LogP contribution in [0.2, 0.25) is 0 Å². The molecule has 0 saturated carbocycles. The van der Waals surface area contributed by atoms with Gasteiger partial charge in [0.05, 0.1) is 12.2 Å². The highest BCUT2D eigenvalue weighted by Gasteiger charge is 2.30. The molecule has 0 amide bonds. The Kier molecular flexibility index (Phi) is 3.78. The number of ether oxygens (including phenoxy) is 2. The molecular formula is C17H14O5. The van der Waals surface area contributed by atoms with Crippen LogP contribution in [0.4, 0.5) is 0 Å². The summed E-state index contributed by atoms with van der Waals surface area (Å²) in [6.45, 7) is 0.288. The first-order valence-electron chi connectivity index (χ1n) is 6.90. The molecule has 1 heterocycles. The van der Waals surface area contributed by atoms with Crippen LogP contribution >= 0.6 is 0 Å². The zero-order valence-corrected chi connectivity index (χ0v) is 11.7. The summed E-state index contributed by atoms with van der Waals surface area (Å²) in [5, 5.41) is 9.28. The number of carbonyl (C=O) groups is 2. The monoisotopic (exact) mass is 298 g/mol. The van der Waals surface area contributed by atoms with Crippen LogP contribution in [0, 0.1) is 0 Å². The second kappa shape index (κ2) is 5.89. The number of phenols is 1. The zero-order valence-electron chi connectivity index (χ0n) is 11.7. The largest absolute Gasteiger partial charge is 0.508 e. The highest BCUT2D eigenvalue weighted by molar-refractivity contribution is 5.92. The van der Waals surface area contributed by atoms with Gasteiger partial charge in [0.1, 0.15) is 5.75 Å². The first-order chi connectivity index (χ1) is 10.6. The summed E-state index contributed by atoms with van der Waals surface area (Å²) >= 11 is 0. The van der Waals surface area contributed by atoms with Gasteiger partial charge in [-0.1, -0.05) is 24.3 Å². The van der Waals surface area contributed by atoms with E-state index < -0.39 is 18.0 Å². The number of hydrogen-bond donors (Lipinski definition) is 1. The van der Waals surface area contributed by atoms with E-state index in [4.69, 9.17) is 9.47 Å². The second-order valence-corrected chi connectivity index (χ2v) is 4.97. The second-order valence-electron chi connectivity index (χ2n) is 4.97. The van der Waals surface area contributed by atoms with E-state index in [0.29, 0.717) is 12.0 Å². The highest BCUT2D eigenvalue weighted by atomic mass is 16.6. The predicted molar refractivity (Wildman–Crippen MR) is 78.3 cm³/mol. The van der Waals surface area contributed by atoms with E-state index in [2.05, 4.69) is 0 Å². The molecule has 2 aromatic rings. The molecule has 1 saturated heterocycles. The van der Waals surface area contributed by atoms with Gasteiger partial charge in [-0.3, -0.25) is 0 Å². The molecule has 1 N–H and O–H groups in total. The lowest BCUT2D eigenvalue weighted by molar-refractivity contribution is -0.145. The van der Waals surface area contributed by atoms with Crippen LogP contribution in [0.5, 0.6) is 5.75 Å². The Hall–Kier alpha value is -2.82. The molecule has 0 spiro atoms. The molecular weight excluding hydrogens is 284 g/mol. The van der Waals surface area contributed by atoms with Crippen LogP contribution in [-0.4, -0.2) is 29.8 Å². The fourth-order valence-corrected chi connectivity index (χ4v) is 2.23. The molecule has 0 radical (unpaired) electrons. The summed E-state index contributed by atoms with van der Waals surface area (Å²) in [4.78, 5) is 23.3. The molecule has 112 valence electrons. The highest BCUT2D eigenvalue weighted by Crippen LogP contribution is 2.22. The van der Waals surface area contributed by atoms with Crippen LogP contribution in [0.3, 0.4) is 0 Å². The van der Waals surface area contributed by atoms with E-state index in [1.807, 2.05) is 0 Å². The lowest BCUT2D eigenvalue weighted by Gasteiger charge is -2.09. The van der Waals surface area contributed by atoms with Crippen molar-refractivity contribution < 1.29 is 24.2 Å². The summed E-state index contributed by atoms with van der Waals surface area (Å²) in [5.41, 5.74) is 2.22. The standard InChI is InChI=1S/C17H14O5/c18-14-7-5-12(6-8-14)11-1-3-13(4-2-11)16(19)22-15-9-10-21-17(15)20/h1-8,15,18H,9-10H2/t15-/m0/s1. The van der Waals surface area contributed by atoms with Gasteiger partial charge in [0, 0.05) is 6.42 Å². The smallest absolute Gasteiger partial charge is 0.347 e. The minimum Gasteiger partial charge on any atom is -0.508 e. The molecule has 0 aromatic heterocycles. The summed E-state index contributed by atoms with van der Waals surface area (Å²) in [6, 6.07) is 13.6. The first-order valence-corrected chi connectivity index (χ1v) is 6.90. The Bertz CT molecular complexity index is 688. The molecule has 5 heteroatoms. The van der Waals surface area contributed by atoms with Gasteiger partial charge in [0.25, 0.3) is 0 Å². The van der Waals surface area contributed by atoms with E-state index in [-0.39, 0.29) is 12.4 Å². The summed E-state index contributed by atoms with van der Waals surface area (Å²) in [5.74, 6) is -0.831. The van der Waals surface area contributed by atoms with Crippen molar-refractivity contribution in [1.82, 2.24) is 0 Å². The third-order valence-electron chi connectivity index (χ3n) is 3.46. The minimum absolute atomic E-state index is 0.201. The number of hydrogen-bond acceptors (Lipinski definition) is 5. The van der Waals surface area contributed by atoms with Gasteiger partial charge in [0.2, 0.25) is 6.10 Å². The summed E-state index contributed by atoms with van der Waals surface area (Å²) in [7, 11) is 0. The van der Waals surface area contributed by atoms with E-state index in [0.717, 1.165) is 11.1 Å². The fraction of sp³-hybridized carbons (Fsp3) is 0.176. The average molecular weight is 298 g/mol. The Balaban J connectivity index is 1.72. The predicted octanol–water partition coefficient (Wildman–Crippen LogP) is 2.53. The quantitative estimate of drug-likeness (QED) is 0.882. The van der Waals surface area contributed by atoms with Crippen molar-refractivity contribution in [2.45, 2.75) is 12.5 Å². The molecule has 3 rings (SSSR count). The third-order valence-corrected chi connectivity index (χ3v) is 3.46. The first kappa shape index (κ1) is 14.1. The van der Waals surface area contributed by atoms with E-state index in [1.54, 1.807) is 48.5 Å². The maximum Gasteiger partial charge on any atom is 0.347 e. The van der Waals surface area contributed by atoms with Crippen molar-refractivity contribution in [3.63, 3.8) is 0 Å². The average Bonchev–Trinajstić information content (AvgIpc) is 2.93. The molecule has 1 aliphatic rings. The van der Waals surface area contributed by atoms with E-state index in [1.165, 1.54) is 0 Å². The number of phenolic OH excluding ortho intramolecular Hbond substituents is 1. The Morgan fingerprint density at radius 3 is 2.18 bits per heavy atom. The third kappa shape index (κ3) is 2.93. The van der Waals surface area contributed by atoms with Gasteiger partial charge in [-0.2, -0.15) is 0 Å². The molecule has 1 atom stereocenters. The Labute approximate surface area is 127 Å². The lowest BCUT2D eigenvalue weighted by Crippen LogP contribution is -2.22. The number of carbonyl (C=O) groups excluding carboxylic acids is 2. The summed E-state index contributed by atoms with van der Waals surface area (Å²) < 4.78 is 9.88. The molecule has 1 fully saturated rings. The van der Waals surface area contributed by atoms with Crippen LogP contribution < -0.4 is 0 Å². The molecule has 0 aliphatic carbocycles. The van der Waals surface area contributed by atoms with Crippen molar-refractivity contribution in [3.05, 3.63) is 54.1 Å². The van der Waals surface area contributed by atoms with Crippen molar-refractivity contribution in [1.29, 1.82) is 0 Å². The maximum atomic E-state index is 12.0. The van der Waals surface area contributed by atoms with Crippen molar-refractivity contribution >= 4 is 11.9 Å². The van der Waals surface area contributed by atoms with Gasteiger partial charge >= 0.3 is 11.9 Å². The van der Waals surface area contributed by atoms with Crippen LogP contribution in [0.25, 0.3) is 11.1 Å². The van der Waals surface area contributed by atoms with E-state index >= 15 is 0 Å². The van der Waals surface area contributed by atoms with Crippen molar-refractivity contribution in [2.24, 2.45) is 0 Å². The van der Waals surface area contributed by atoms with Crippen molar-refractivity contribution in [2.75, 3.05) is 6.61 Å². The Morgan fingerprint density at radius 1 is 1.05 bits per heavy atom. The summed E-state index contributed by atoms with van der Waals surface area (Å²) in [6.07, 6.45) is -0.403. The van der Waals surface area contributed by atoms with Gasteiger partial charge < -0.3 is 14.6 Å². The molecule has 2 aromatic carbocycles. The molecule has 22 heavy (non-hydrogen) atoms. The molecule has 5 nitrogen and oxygen atoms in total. The van der Waals surface area contributed by atoms with Gasteiger partial charge in [-0.05, 0) is 35.4 Å². The lowest BCUT2D eigenvalue weighted by atomic mass is 10.0. The number of rotatable bonds is 3. The Morgan fingerprint density at radius 2 is 1.64 bits per heavy atom. The number of esters is 2. The normalized spacial score (nSPS) is 17.1. The fourth-order valence-electron chi connectivity index (χ4n) is 2.23. The van der Waals surface area contributed by atoms with Crippen molar-refractivity contribution in [3.8, 4) is 16.9 Å². The maximum absolute atomic E-state index is 12.0. The van der Waals surface area contributed by atoms with Crippen LogP contribution in [-0.2, 0) is 14.3 Å².